The number of hydrogen-bond acceptors (Lipinski definition) is 3. The van der Waals surface area contributed by atoms with Crippen LogP contribution in [0.5, 0.6) is 0 Å². The van der Waals surface area contributed by atoms with Gasteiger partial charge in [-0.1, -0.05) is 24.9 Å². The molecule has 0 aliphatic carbocycles. The molecular formula is C14H15ClFN3O. The highest BCUT2D eigenvalue weighted by Crippen LogP contribution is 2.21. The van der Waals surface area contributed by atoms with Crippen LogP contribution in [-0.4, -0.2) is 9.97 Å². The number of benzene rings is 1. The average Bonchev–Trinajstić information content (AvgIpc) is 2.40. The average molecular weight is 296 g/mol. The first-order valence-corrected chi connectivity index (χ1v) is 6.78. The molecule has 0 unspecified atom stereocenters. The Kier molecular flexibility index (Phi) is 4.74. The summed E-state index contributed by atoms with van der Waals surface area (Å²) in [5.74, 6) is -0.165. The van der Waals surface area contributed by atoms with Gasteiger partial charge in [-0.05, 0) is 31.0 Å². The fourth-order valence-corrected chi connectivity index (χ4v) is 1.94. The van der Waals surface area contributed by atoms with Crippen molar-refractivity contribution < 1.29 is 4.39 Å². The number of aromatic amines is 1. The molecule has 1 aromatic heterocycles. The van der Waals surface area contributed by atoms with E-state index in [0.29, 0.717) is 11.6 Å². The monoisotopic (exact) mass is 295 g/mol. The van der Waals surface area contributed by atoms with Crippen LogP contribution in [0.25, 0.3) is 0 Å². The zero-order chi connectivity index (χ0) is 14.5. The molecule has 6 heteroatoms. The third-order valence-electron chi connectivity index (χ3n) is 2.76. The lowest BCUT2D eigenvalue weighted by molar-refractivity contribution is 0.628. The molecule has 4 nitrogen and oxygen atoms in total. The standard InChI is InChI=1S/C14H15ClFN3O/c1-2-3-4-9-8-13(20)19-14(17-9)18-10-5-6-12(16)11(15)7-10/h5-8H,2-4H2,1H3,(H2,17,18,19,20). The zero-order valence-electron chi connectivity index (χ0n) is 11.0. The van der Waals surface area contributed by atoms with Gasteiger partial charge in [-0.3, -0.25) is 9.78 Å². The maximum absolute atomic E-state index is 13.1. The van der Waals surface area contributed by atoms with Crippen molar-refractivity contribution >= 4 is 23.2 Å². The van der Waals surface area contributed by atoms with Gasteiger partial charge in [0.2, 0.25) is 5.95 Å². The lowest BCUT2D eigenvalue weighted by atomic mass is 10.2. The summed E-state index contributed by atoms with van der Waals surface area (Å²) in [7, 11) is 0. The van der Waals surface area contributed by atoms with Crippen molar-refractivity contribution in [3.8, 4) is 0 Å². The van der Waals surface area contributed by atoms with E-state index < -0.39 is 5.82 Å². The van der Waals surface area contributed by atoms with E-state index in [1.165, 1.54) is 24.3 Å². The van der Waals surface area contributed by atoms with Crippen molar-refractivity contribution in [3.05, 3.63) is 51.2 Å². The second kappa shape index (κ2) is 6.52. The minimum atomic E-state index is -0.490. The van der Waals surface area contributed by atoms with E-state index in [-0.39, 0.29) is 10.6 Å². The molecule has 1 heterocycles. The number of H-pyrrole nitrogens is 1. The van der Waals surface area contributed by atoms with Crippen molar-refractivity contribution in [1.82, 2.24) is 9.97 Å². The third-order valence-corrected chi connectivity index (χ3v) is 3.05. The van der Waals surface area contributed by atoms with Crippen LogP contribution in [0.4, 0.5) is 16.0 Å². The second-order valence-corrected chi connectivity index (χ2v) is 4.85. The highest BCUT2D eigenvalue weighted by Gasteiger charge is 2.04. The van der Waals surface area contributed by atoms with E-state index in [0.717, 1.165) is 25.0 Å². The molecule has 2 aromatic rings. The summed E-state index contributed by atoms with van der Waals surface area (Å²) in [4.78, 5) is 18.5. The van der Waals surface area contributed by atoms with Gasteiger partial charge >= 0.3 is 0 Å². The molecule has 0 atom stereocenters. The van der Waals surface area contributed by atoms with Crippen LogP contribution in [-0.2, 0) is 6.42 Å². The van der Waals surface area contributed by atoms with Gasteiger partial charge in [-0.25, -0.2) is 9.37 Å². The van der Waals surface area contributed by atoms with Gasteiger partial charge in [0, 0.05) is 17.4 Å². The fourth-order valence-electron chi connectivity index (χ4n) is 1.76. The van der Waals surface area contributed by atoms with Crippen molar-refractivity contribution in [2.24, 2.45) is 0 Å². The number of rotatable bonds is 5. The fraction of sp³-hybridized carbons (Fsp3) is 0.286. The normalized spacial score (nSPS) is 10.6. The van der Waals surface area contributed by atoms with Gasteiger partial charge in [0.05, 0.1) is 5.02 Å². The Morgan fingerprint density at radius 1 is 1.40 bits per heavy atom. The van der Waals surface area contributed by atoms with Crippen LogP contribution < -0.4 is 10.9 Å². The molecule has 0 aliphatic rings. The van der Waals surface area contributed by atoms with Gasteiger partial charge in [-0.15, -0.1) is 0 Å². The molecule has 0 bridgehead atoms. The zero-order valence-corrected chi connectivity index (χ0v) is 11.8. The molecule has 20 heavy (non-hydrogen) atoms. The number of hydrogen-bond donors (Lipinski definition) is 2. The molecule has 0 spiro atoms. The maximum atomic E-state index is 13.1. The molecule has 0 aliphatic heterocycles. The molecule has 0 fully saturated rings. The van der Waals surface area contributed by atoms with Gasteiger partial charge in [-0.2, -0.15) is 0 Å². The number of nitrogens with zero attached hydrogens (tertiary/aromatic N) is 1. The molecule has 106 valence electrons. The van der Waals surface area contributed by atoms with Crippen LogP contribution in [0.15, 0.2) is 29.1 Å². The number of anilines is 2. The van der Waals surface area contributed by atoms with Gasteiger partial charge in [0.25, 0.3) is 5.56 Å². The molecule has 0 saturated carbocycles. The number of halogens is 2. The molecule has 2 rings (SSSR count). The first kappa shape index (κ1) is 14.5. The Bertz CT molecular complexity index is 657. The Hall–Kier alpha value is -1.88. The predicted octanol–water partition coefficient (Wildman–Crippen LogP) is 3.65. The van der Waals surface area contributed by atoms with Gasteiger partial charge in [0.1, 0.15) is 5.82 Å². The predicted molar refractivity (Wildman–Crippen MR) is 78.2 cm³/mol. The highest BCUT2D eigenvalue weighted by molar-refractivity contribution is 6.31. The van der Waals surface area contributed by atoms with Crippen LogP contribution in [0.2, 0.25) is 5.02 Å². The minimum Gasteiger partial charge on any atom is -0.326 e. The van der Waals surface area contributed by atoms with Crippen molar-refractivity contribution in [2.45, 2.75) is 26.2 Å². The SMILES string of the molecule is CCCCc1cc(=O)[nH]c(Nc2ccc(F)c(Cl)c2)n1. The maximum Gasteiger partial charge on any atom is 0.252 e. The molecule has 1 aromatic carbocycles. The minimum absolute atomic E-state index is 0.0134. The van der Waals surface area contributed by atoms with Crippen LogP contribution in [0.1, 0.15) is 25.5 Å². The van der Waals surface area contributed by atoms with Crippen molar-refractivity contribution in [1.29, 1.82) is 0 Å². The molecule has 0 amide bonds. The van der Waals surface area contributed by atoms with Gasteiger partial charge in [0.15, 0.2) is 0 Å². The Labute approximate surface area is 121 Å². The highest BCUT2D eigenvalue weighted by atomic mass is 35.5. The summed E-state index contributed by atoms with van der Waals surface area (Å²) >= 11 is 5.70. The lowest BCUT2D eigenvalue weighted by Crippen LogP contribution is -2.12. The third kappa shape index (κ3) is 3.81. The van der Waals surface area contributed by atoms with E-state index in [1.54, 1.807) is 0 Å². The van der Waals surface area contributed by atoms with Crippen LogP contribution in [0.3, 0.4) is 0 Å². The summed E-state index contributed by atoms with van der Waals surface area (Å²) in [6.07, 6.45) is 2.75. The summed E-state index contributed by atoms with van der Waals surface area (Å²) in [5, 5.41) is 2.93. The Morgan fingerprint density at radius 2 is 2.20 bits per heavy atom. The second-order valence-electron chi connectivity index (χ2n) is 4.44. The number of aromatic nitrogens is 2. The van der Waals surface area contributed by atoms with E-state index in [1.807, 2.05) is 0 Å². The molecular weight excluding hydrogens is 281 g/mol. The van der Waals surface area contributed by atoms with E-state index in [4.69, 9.17) is 11.6 Å². The van der Waals surface area contributed by atoms with Crippen LogP contribution >= 0.6 is 11.6 Å². The summed E-state index contributed by atoms with van der Waals surface area (Å²) in [5.41, 5.74) is 1.07. The Morgan fingerprint density at radius 3 is 2.90 bits per heavy atom. The summed E-state index contributed by atoms with van der Waals surface area (Å²) in [6, 6.07) is 5.71. The van der Waals surface area contributed by atoms with Crippen LogP contribution in [0, 0.1) is 5.82 Å². The first-order valence-electron chi connectivity index (χ1n) is 6.41. The van der Waals surface area contributed by atoms with E-state index in [9.17, 15) is 9.18 Å². The number of aryl methyl sites for hydroxylation is 1. The smallest absolute Gasteiger partial charge is 0.252 e. The number of nitrogens with one attached hydrogen (secondary N) is 2. The summed E-state index contributed by atoms with van der Waals surface area (Å²) in [6.45, 7) is 2.08. The topological polar surface area (TPSA) is 57.8 Å². The molecule has 0 radical (unpaired) electrons. The number of unbranched alkanes of at least 4 members (excludes halogenated alkanes) is 1. The van der Waals surface area contributed by atoms with E-state index >= 15 is 0 Å². The largest absolute Gasteiger partial charge is 0.326 e. The molecule has 0 saturated heterocycles. The van der Waals surface area contributed by atoms with E-state index in [2.05, 4.69) is 22.2 Å². The van der Waals surface area contributed by atoms with Crippen molar-refractivity contribution in [2.75, 3.05) is 5.32 Å². The Balaban J connectivity index is 2.21. The quantitative estimate of drug-likeness (QED) is 0.885. The first-order chi connectivity index (χ1) is 9.58. The summed E-state index contributed by atoms with van der Waals surface area (Å²) < 4.78 is 13.1. The van der Waals surface area contributed by atoms with Crippen molar-refractivity contribution in [3.63, 3.8) is 0 Å². The van der Waals surface area contributed by atoms with Gasteiger partial charge < -0.3 is 5.32 Å². The lowest BCUT2D eigenvalue weighted by Gasteiger charge is -2.07. The molecule has 2 N–H and O–H groups in total.